The number of nitrogens with two attached hydrogens (primary N) is 1. The van der Waals surface area contributed by atoms with Gasteiger partial charge in [-0.25, -0.2) is 12.8 Å². The lowest BCUT2D eigenvalue weighted by Gasteiger charge is -2.25. The normalized spacial score (nSPS) is 24.2. The van der Waals surface area contributed by atoms with Crippen molar-refractivity contribution in [2.75, 3.05) is 18.9 Å². The van der Waals surface area contributed by atoms with E-state index in [9.17, 15) is 17.9 Å². The van der Waals surface area contributed by atoms with E-state index in [1.165, 1.54) is 4.31 Å². The minimum atomic E-state index is -3.98. The molecule has 0 amide bonds. The summed E-state index contributed by atoms with van der Waals surface area (Å²) in [6.07, 6.45) is 0.646. The van der Waals surface area contributed by atoms with Crippen molar-refractivity contribution in [3.8, 4) is 0 Å². The molecule has 0 radical (unpaired) electrons. The fraction of sp³-hybridized carbons (Fsp3) is 0.538. The van der Waals surface area contributed by atoms with Gasteiger partial charge in [-0.2, -0.15) is 4.31 Å². The molecule has 0 spiro atoms. The summed E-state index contributed by atoms with van der Waals surface area (Å²) in [7, 11) is -3.98. The maximum atomic E-state index is 14.0. The first kappa shape index (κ1) is 15.2. The Morgan fingerprint density at radius 2 is 2.15 bits per heavy atom. The quantitative estimate of drug-likeness (QED) is 0.819. The molecule has 20 heavy (non-hydrogen) atoms. The lowest BCUT2D eigenvalue weighted by Crippen LogP contribution is -2.40. The van der Waals surface area contributed by atoms with Crippen molar-refractivity contribution in [3.05, 3.63) is 23.5 Å². The van der Waals surface area contributed by atoms with Crippen molar-refractivity contribution in [1.29, 1.82) is 0 Å². The van der Waals surface area contributed by atoms with Gasteiger partial charge in [0.15, 0.2) is 0 Å². The molecule has 1 fully saturated rings. The molecule has 1 aliphatic heterocycles. The number of aliphatic hydroxyl groups excluding tert-OH is 1. The molecule has 112 valence electrons. The second-order valence-electron chi connectivity index (χ2n) is 5.27. The number of anilines is 1. The van der Waals surface area contributed by atoms with Crippen LogP contribution in [0.3, 0.4) is 0 Å². The van der Waals surface area contributed by atoms with E-state index in [4.69, 9.17) is 5.73 Å². The van der Waals surface area contributed by atoms with Gasteiger partial charge in [0.05, 0.1) is 12.6 Å². The number of hydrogen-bond acceptors (Lipinski definition) is 4. The third kappa shape index (κ3) is 2.41. The van der Waals surface area contributed by atoms with Crippen molar-refractivity contribution >= 4 is 15.7 Å². The van der Waals surface area contributed by atoms with Crippen LogP contribution in [-0.4, -0.2) is 37.0 Å². The average Bonchev–Trinajstić information content (AvgIpc) is 2.75. The Kier molecular flexibility index (Phi) is 4.04. The Hall–Kier alpha value is -1.18. The van der Waals surface area contributed by atoms with Crippen LogP contribution in [-0.2, 0) is 10.0 Å². The van der Waals surface area contributed by atoms with Gasteiger partial charge in [-0.3, -0.25) is 0 Å². The second kappa shape index (κ2) is 5.31. The van der Waals surface area contributed by atoms with Crippen LogP contribution in [0.25, 0.3) is 0 Å². The van der Waals surface area contributed by atoms with E-state index in [2.05, 4.69) is 0 Å². The fourth-order valence-electron chi connectivity index (χ4n) is 2.53. The smallest absolute Gasteiger partial charge is 0.246 e. The molecule has 2 atom stereocenters. The number of hydrogen-bond donors (Lipinski definition) is 2. The van der Waals surface area contributed by atoms with E-state index in [1.807, 2.05) is 6.92 Å². The maximum absolute atomic E-state index is 14.0. The van der Waals surface area contributed by atoms with E-state index in [1.54, 1.807) is 6.92 Å². The van der Waals surface area contributed by atoms with E-state index >= 15 is 0 Å². The van der Waals surface area contributed by atoms with E-state index < -0.39 is 26.8 Å². The van der Waals surface area contributed by atoms with Gasteiger partial charge in [-0.05, 0) is 37.0 Å². The molecule has 0 aliphatic carbocycles. The molecule has 0 bridgehead atoms. The zero-order chi connectivity index (χ0) is 15.1. The molecule has 1 aromatic carbocycles. The van der Waals surface area contributed by atoms with Gasteiger partial charge >= 0.3 is 0 Å². The molecule has 0 aromatic heterocycles. The number of halogens is 1. The summed E-state index contributed by atoms with van der Waals surface area (Å²) in [5.41, 5.74) is 6.41. The Bertz CT molecular complexity index is 618. The van der Waals surface area contributed by atoms with Gasteiger partial charge in [0.2, 0.25) is 10.0 Å². The Balaban J connectivity index is 2.48. The Morgan fingerprint density at radius 1 is 1.50 bits per heavy atom. The summed E-state index contributed by atoms with van der Waals surface area (Å²) in [4.78, 5) is -0.423. The van der Waals surface area contributed by atoms with Gasteiger partial charge in [-0.15, -0.1) is 0 Å². The van der Waals surface area contributed by atoms with Crippen LogP contribution in [0.4, 0.5) is 10.1 Å². The lowest BCUT2D eigenvalue weighted by molar-refractivity contribution is 0.191. The van der Waals surface area contributed by atoms with Crippen LogP contribution in [0.2, 0.25) is 0 Å². The zero-order valence-electron chi connectivity index (χ0n) is 11.5. The number of nitrogen functional groups attached to an aromatic ring is 1. The van der Waals surface area contributed by atoms with Crippen molar-refractivity contribution in [2.24, 2.45) is 5.92 Å². The largest absolute Gasteiger partial charge is 0.398 e. The van der Waals surface area contributed by atoms with E-state index in [0.29, 0.717) is 12.0 Å². The molecule has 0 saturated carbocycles. The highest BCUT2D eigenvalue weighted by atomic mass is 32.2. The Labute approximate surface area is 118 Å². The molecule has 2 rings (SSSR count). The van der Waals surface area contributed by atoms with E-state index in [-0.39, 0.29) is 24.8 Å². The summed E-state index contributed by atoms with van der Waals surface area (Å²) in [5, 5.41) is 9.36. The first-order chi connectivity index (χ1) is 9.28. The molecule has 1 aromatic rings. The standard InChI is InChI=1S/C13H19FN2O3S/c1-8-3-4-16(12(8)7-17)20(18,19)13-6-11(15)9(2)5-10(13)14/h5-6,8,12,17H,3-4,7,15H2,1-2H3. The van der Waals surface area contributed by atoms with Crippen molar-refractivity contribution in [3.63, 3.8) is 0 Å². The molecular formula is C13H19FN2O3S. The summed E-state index contributed by atoms with van der Waals surface area (Å²) < 4.78 is 40.3. The first-order valence-electron chi connectivity index (χ1n) is 6.47. The molecular weight excluding hydrogens is 283 g/mol. The average molecular weight is 302 g/mol. The van der Waals surface area contributed by atoms with Crippen LogP contribution >= 0.6 is 0 Å². The predicted molar refractivity (Wildman–Crippen MR) is 74.1 cm³/mol. The van der Waals surface area contributed by atoms with Crippen LogP contribution in [0.15, 0.2) is 17.0 Å². The second-order valence-corrected chi connectivity index (χ2v) is 7.13. The molecule has 1 heterocycles. The first-order valence-corrected chi connectivity index (χ1v) is 7.91. The third-order valence-corrected chi connectivity index (χ3v) is 5.87. The number of aliphatic hydroxyl groups is 1. The van der Waals surface area contributed by atoms with Gasteiger partial charge in [0.1, 0.15) is 10.7 Å². The van der Waals surface area contributed by atoms with E-state index in [0.717, 1.165) is 12.1 Å². The van der Waals surface area contributed by atoms with Crippen LogP contribution in [0.5, 0.6) is 0 Å². The molecule has 7 heteroatoms. The zero-order valence-corrected chi connectivity index (χ0v) is 12.3. The molecule has 3 N–H and O–H groups in total. The van der Waals surface area contributed by atoms with Gasteiger partial charge in [0.25, 0.3) is 0 Å². The number of rotatable bonds is 3. The van der Waals surface area contributed by atoms with Crippen molar-refractivity contribution in [2.45, 2.75) is 31.2 Å². The minimum Gasteiger partial charge on any atom is -0.398 e. The molecule has 5 nitrogen and oxygen atoms in total. The van der Waals surface area contributed by atoms with Gasteiger partial charge in [0, 0.05) is 12.2 Å². The fourth-order valence-corrected chi connectivity index (χ4v) is 4.35. The van der Waals surface area contributed by atoms with Crippen molar-refractivity contribution < 1.29 is 17.9 Å². The topological polar surface area (TPSA) is 83.6 Å². The highest BCUT2D eigenvalue weighted by Gasteiger charge is 2.40. The van der Waals surface area contributed by atoms with Gasteiger partial charge < -0.3 is 10.8 Å². The van der Waals surface area contributed by atoms with Crippen LogP contribution < -0.4 is 5.73 Å². The minimum absolute atomic E-state index is 0.0423. The number of aryl methyl sites for hydroxylation is 1. The summed E-state index contributed by atoms with van der Waals surface area (Å²) in [6.45, 7) is 3.49. The number of nitrogens with zero attached hydrogens (tertiary/aromatic N) is 1. The predicted octanol–water partition coefficient (Wildman–Crippen LogP) is 1.11. The monoisotopic (exact) mass is 302 g/mol. The molecule has 1 aliphatic rings. The maximum Gasteiger partial charge on any atom is 0.246 e. The summed E-state index contributed by atoms with van der Waals surface area (Å²) in [5.74, 6) is -0.770. The van der Waals surface area contributed by atoms with Crippen molar-refractivity contribution in [1.82, 2.24) is 4.31 Å². The highest BCUT2D eigenvalue weighted by molar-refractivity contribution is 7.89. The van der Waals surface area contributed by atoms with Gasteiger partial charge in [-0.1, -0.05) is 6.92 Å². The third-order valence-electron chi connectivity index (χ3n) is 3.93. The lowest BCUT2D eigenvalue weighted by atomic mass is 10.0. The Morgan fingerprint density at radius 3 is 2.75 bits per heavy atom. The molecule has 2 unspecified atom stereocenters. The summed E-state index contributed by atoms with van der Waals surface area (Å²) in [6, 6.07) is 1.76. The summed E-state index contributed by atoms with van der Waals surface area (Å²) >= 11 is 0. The number of sulfonamides is 1. The SMILES string of the molecule is Cc1cc(F)c(S(=O)(=O)N2CCC(C)C2CO)cc1N. The number of benzene rings is 1. The molecule has 1 saturated heterocycles. The van der Waals surface area contributed by atoms with Crippen LogP contribution in [0.1, 0.15) is 18.9 Å². The van der Waals surface area contributed by atoms with Crippen LogP contribution in [0, 0.1) is 18.7 Å². The highest BCUT2D eigenvalue weighted by Crippen LogP contribution is 2.32.